The second-order valence-electron chi connectivity index (χ2n) is 5.73. The van der Waals surface area contributed by atoms with Gasteiger partial charge in [0, 0.05) is 5.56 Å². The fourth-order valence-electron chi connectivity index (χ4n) is 2.32. The Labute approximate surface area is 150 Å². The van der Waals surface area contributed by atoms with Crippen LogP contribution in [0.15, 0.2) is 64.2 Å². The summed E-state index contributed by atoms with van der Waals surface area (Å²) in [5, 5.41) is 11.4. The number of thioether (sulfide) groups is 1. The molecular weight excluding hydrogens is 334 g/mol. The summed E-state index contributed by atoms with van der Waals surface area (Å²) in [5.41, 5.74) is 3.11. The van der Waals surface area contributed by atoms with Crippen molar-refractivity contribution in [3.05, 3.63) is 65.7 Å². The quantitative estimate of drug-likeness (QED) is 0.678. The molecule has 6 heteroatoms. The van der Waals surface area contributed by atoms with E-state index in [2.05, 4.69) is 15.5 Å². The van der Waals surface area contributed by atoms with Crippen LogP contribution in [0.1, 0.15) is 24.1 Å². The molecule has 25 heavy (non-hydrogen) atoms. The maximum atomic E-state index is 12.1. The zero-order valence-electron chi connectivity index (χ0n) is 14.1. The van der Waals surface area contributed by atoms with Crippen molar-refractivity contribution in [1.82, 2.24) is 15.5 Å². The molecule has 3 aromatic rings. The number of hydrogen-bond donors (Lipinski definition) is 1. The number of nitrogens with one attached hydrogen (secondary N) is 1. The average Bonchev–Trinajstić information content (AvgIpc) is 3.10. The number of rotatable bonds is 6. The van der Waals surface area contributed by atoms with Crippen molar-refractivity contribution in [3.8, 4) is 11.5 Å². The van der Waals surface area contributed by atoms with E-state index in [4.69, 9.17) is 4.42 Å². The first-order valence-electron chi connectivity index (χ1n) is 7.99. The van der Waals surface area contributed by atoms with Crippen LogP contribution in [0, 0.1) is 6.92 Å². The van der Waals surface area contributed by atoms with Crippen LogP contribution in [-0.4, -0.2) is 21.9 Å². The highest BCUT2D eigenvalue weighted by molar-refractivity contribution is 7.99. The molecule has 0 aliphatic heterocycles. The first kappa shape index (κ1) is 17.2. The summed E-state index contributed by atoms with van der Waals surface area (Å²) < 4.78 is 5.61. The van der Waals surface area contributed by atoms with E-state index >= 15 is 0 Å². The van der Waals surface area contributed by atoms with Crippen molar-refractivity contribution in [1.29, 1.82) is 0 Å². The van der Waals surface area contributed by atoms with Gasteiger partial charge < -0.3 is 9.73 Å². The summed E-state index contributed by atoms with van der Waals surface area (Å²) >= 11 is 1.23. The third-order valence-electron chi connectivity index (χ3n) is 3.71. The van der Waals surface area contributed by atoms with E-state index in [0.29, 0.717) is 11.1 Å². The molecule has 0 aliphatic carbocycles. The van der Waals surface area contributed by atoms with E-state index < -0.39 is 0 Å². The molecule has 0 unspecified atom stereocenters. The lowest BCUT2D eigenvalue weighted by Gasteiger charge is -2.13. The van der Waals surface area contributed by atoms with E-state index in [1.807, 2.05) is 68.4 Å². The molecule has 0 bridgehead atoms. The third-order valence-corrected chi connectivity index (χ3v) is 4.53. The maximum absolute atomic E-state index is 12.1. The minimum Gasteiger partial charge on any atom is -0.411 e. The van der Waals surface area contributed by atoms with Gasteiger partial charge in [0.25, 0.3) is 5.22 Å². The monoisotopic (exact) mass is 353 g/mol. The van der Waals surface area contributed by atoms with Crippen LogP contribution in [0.4, 0.5) is 0 Å². The van der Waals surface area contributed by atoms with Crippen molar-refractivity contribution < 1.29 is 9.21 Å². The molecule has 0 fully saturated rings. The predicted molar refractivity (Wildman–Crippen MR) is 98.2 cm³/mol. The highest BCUT2D eigenvalue weighted by atomic mass is 32.2. The predicted octanol–water partition coefficient (Wildman–Crippen LogP) is 4.01. The van der Waals surface area contributed by atoms with Gasteiger partial charge in [0.15, 0.2) is 0 Å². The summed E-state index contributed by atoms with van der Waals surface area (Å²) in [5.74, 6) is 0.615. The Morgan fingerprint density at radius 2 is 1.84 bits per heavy atom. The van der Waals surface area contributed by atoms with Crippen LogP contribution >= 0.6 is 11.8 Å². The number of aryl methyl sites for hydroxylation is 1. The highest BCUT2D eigenvalue weighted by Crippen LogP contribution is 2.23. The Morgan fingerprint density at radius 1 is 1.12 bits per heavy atom. The minimum absolute atomic E-state index is 0.0416. The van der Waals surface area contributed by atoms with Crippen LogP contribution < -0.4 is 5.32 Å². The van der Waals surface area contributed by atoms with Crippen molar-refractivity contribution in [2.75, 3.05) is 5.75 Å². The molecule has 1 atom stereocenters. The van der Waals surface area contributed by atoms with Crippen LogP contribution in [0.3, 0.4) is 0 Å². The van der Waals surface area contributed by atoms with E-state index in [-0.39, 0.29) is 17.7 Å². The normalized spacial score (nSPS) is 11.9. The summed E-state index contributed by atoms with van der Waals surface area (Å²) in [6.45, 7) is 3.98. The zero-order chi connectivity index (χ0) is 17.6. The van der Waals surface area contributed by atoms with Crippen LogP contribution in [0.5, 0.6) is 0 Å². The molecule has 1 heterocycles. The van der Waals surface area contributed by atoms with Crippen molar-refractivity contribution in [3.63, 3.8) is 0 Å². The highest BCUT2D eigenvalue weighted by Gasteiger charge is 2.13. The second-order valence-corrected chi connectivity index (χ2v) is 6.65. The van der Waals surface area contributed by atoms with Crippen molar-refractivity contribution >= 4 is 17.7 Å². The van der Waals surface area contributed by atoms with E-state index in [1.165, 1.54) is 17.3 Å². The molecule has 0 saturated heterocycles. The molecule has 1 aromatic heterocycles. The van der Waals surface area contributed by atoms with Crippen LogP contribution in [0.2, 0.25) is 0 Å². The Hall–Kier alpha value is -2.60. The lowest BCUT2D eigenvalue weighted by Crippen LogP contribution is -2.28. The Balaban J connectivity index is 1.53. The number of aromatic nitrogens is 2. The van der Waals surface area contributed by atoms with Gasteiger partial charge in [-0.3, -0.25) is 4.79 Å². The van der Waals surface area contributed by atoms with Crippen molar-refractivity contribution in [2.24, 2.45) is 0 Å². The molecular formula is C19H19N3O2S. The summed E-state index contributed by atoms with van der Waals surface area (Å²) in [7, 11) is 0. The summed E-state index contributed by atoms with van der Waals surface area (Å²) in [6, 6.07) is 17.7. The van der Waals surface area contributed by atoms with Gasteiger partial charge in [-0.05, 0) is 31.5 Å². The first-order chi connectivity index (χ1) is 12.1. The van der Waals surface area contributed by atoms with E-state index in [9.17, 15) is 4.79 Å². The fourth-order valence-corrected chi connectivity index (χ4v) is 2.89. The minimum atomic E-state index is -0.0727. The number of nitrogens with zero attached hydrogens (tertiary/aromatic N) is 2. The van der Waals surface area contributed by atoms with Crippen LogP contribution in [0.25, 0.3) is 11.5 Å². The largest absolute Gasteiger partial charge is 0.411 e. The number of benzene rings is 2. The van der Waals surface area contributed by atoms with Gasteiger partial charge in [0.1, 0.15) is 0 Å². The Bertz CT molecular complexity index is 831. The van der Waals surface area contributed by atoms with Crippen molar-refractivity contribution in [2.45, 2.75) is 25.1 Å². The molecule has 0 saturated carbocycles. The number of amides is 1. The first-order valence-corrected chi connectivity index (χ1v) is 8.98. The summed E-state index contributed by atoms with van der Waals surface area (Å²) in [4.78, 5) is 12.1. The Kier molecular flexibility index (Phi) is 5.50. The lowest BCUT2D eigenvalue weighted by molar-refractivity contribution is -0.119. The Morgan fingerprint density at radius 3 is 2.56 bits per heavy atom. The molecule has 128 valence electrons. The molecule has 0 spiro atoms. The number of carbonyl (C=O) groups excluding carboxylic acids is 1. The van der Waals surface area contributed by atoms with Gasteiger partial charge in [-0.1, -0.05) is 59.8 Å². The van der Waals surface area contributed by atoms with Gasteiger partial charge >= 0.3 is 0 Å². The molecule has 5 nitrogen and oxygen atoms in total. The fraction of sp³-hybridized carbons (Fsp3) is 0.211. The van der Waals surface area contributed by atoms with Crippen LogP contribution in [-0.2, 0) is 4.79 Å². The topological polar surface area (TPSA) is 68.0 Å². The molecule has 0 radical (unpaired) electrons. The van der Waals surface area contributed by atoms with Gasteiger partial charge in [-0.2, -0.15) is 0 Å². The molecule has 0 aliphatic rings. The summed E-state index contributed by atoms with van der Waals surface area (Å²) in [6.07, 6.45) is 0. The number of hydrogen-bond acceptors (Lipinski definition) is 5. The van der Waals surface area contributed by atoms with Gasteiger partial charge in [0.05, 0.1) is 11.8 Å². The SMILES string of the molecule is Cc1ccc(-c2nnc(SCC(=O)N[C@H](C)c3ccccc3)o2)cc1. The standard InChI is InChI=1S/C19H19N3O2S/c1-13-8-10-16(11-9-13)18-21-22-19(24-18)25-12-17(23)20-14(2)15-6-4-3-5-7-15/h3-11,14H,12H2,1-2H3,(H,20,23)/t14-/m1/s1. The number of carbonyl (C=O) groups is 1. The molecule has 3 rings (SSSR count). The molecule has 1 N–H and O–H groups in total. The second kappa shape index (κ2) is 7.98. The van der Waals surface area contributed by atoms with Gasteiger partial charge in [-0.15, -0.1) is 10.2 Å². The maximum Gasteiger partial charge on any atom is 0.277 e. The molecule has 2 aromatic carbocycles. The van der Waals surface area contributed by atoms with Gasteiger partial charge in [-0.25, -0.2) is 0 Å². The van der Waals surface area contributed by atoms with Gasteiger partial charge in [0.2, 0.25) is 11.8 Å². The zero-order valence-corrected chi connectivity index (χ0v) is 14.9. The molecule has 1 amide bonds. The van der Waals surface area contributed by atoms with E-state index in [1.54, 1.807) is 0 Å². The van der Waals surface area contributed by atoms with E-state index in [0.717, 1.165) is 11.1 Å². The lowest BCUT2D eigenvalue weighted by atomic mass is 10.1. The average molecular weight is 353 g/mol. The smallest absolute Gasteiger partial charge is 0.277 e. The third kappa shape index (κ3) is 4.70.